The number of hydrogen-bond donors (Lipinski definition) is 2. The highest BCUT2D eigenvalue weighted by molar-refractivity contribution is 5.79. The zero-order chi connectivity index (χ0) is 14.6. The predicted molar refractivity (Wildman–Crippen MR) is 77.1 cm³/mol. The van der Waals surface area contributed by atoms with E-state index in [9.17, 15) is 4.79 Å². The van der Waals surface area contributed by atoms with Gasteiger partial charge in [0, 0.05) is 24.3 Å². The Morgan fingerprint density at radius 3 is 2.47 bits per heavy atom. The maximum atomic E-state index is 12.0. The number of nitrogens with zero attached hydrogens (tertiary/aromatic N) is 2. The van der Waals surface area contributed by atoms with Crippen LogP contribution in [0.25, 0.3) is 0 Å². The van der Waals surface area contributed by atoms with Gasteiger partial charge in [-0.15, -0.1) is 0 Å². The molecular formula is C14H26N4O. The molecule has 5 nitrogen and oxygen atoms in total. The minimum Gasteiger partial charge on any atom is -0.355 e. The summed E-state index contributed by atoms with van der Waals surface area (Å²) < 4.78 is 0. The summed E-state index contributed by atoms with van der Waals surface area (Å²) >= 11 is 0. The van der Waals surface area contributed by atoms with E-state index in [1.54, 1.807) is 0 Å². The maximum Gasteiger partial charge on any atom is 0.224 e. The lowest BCUT2D eigenvalue weighted by Gasteiger charge is -2.28. The number of amides is 1. The molecule has 0 aromatic carbocycles. The van der Waals surface area contributed by atoms with Crippen LogP contribution in [-0.2, 0) is 11.2 Å². The molecule has 1 aromatic rings. The average molecular weight is 266 g/mol. The van der Waals surface area contributed by atoms with Crippen molar-refractivity contribution in [1.29, 1.82) is 0 Å². The quantitative estimate of drug-likeness (QED) is 0.815. The van der Waals surface area contributed by atoms with Crippen molar-refractivity contribution < 1.29 is 4.79 Å². The monoisotopic (exact) mass is 266 g/mol. The molecule has 0 aliphatic rings. The molecule has 1 aromatic heterocycles. The van der Waals surface area contributed by atoms with Gasteiger partial charge in [-0.1, -0.05) is 13.8 Å². The van der Waals surface area contributed by atoms with Crippen molar-refractivity contribution in [2.75, 3.05) is 27.2 Å². The molecule has 0 aliphatic heterocycles. The van der Waals surface area contributed by atoms with E-state index in [2.05, 4.69) is 34.3 Å². The van der Waals surface area contributed by atoms with E-state index in [0.717, 1.165) is 23.5 Å². The summed E-state index contributed by atoms with van der Waals surface area (Å²) in [5.41, 5.74) is 2.95. The molecule has 0 radical (unpaired) electrons. The molecule has 19 heavy (non-hydrogen) atoms. The van der Waals surface area contributed by atoms with Gasteiger partial charge in [0.1, 0.15) is 0 Å². The van der Waals surface area contributed by atoms with Crippen LogP contribution in [-0.4, -0.2) is 48.2 Å². The summed E-state index contributed by atoms with van der Waals surface area (Å²) in [7, 11) is 4.09. The lowest BCUT2D eigenvalue weighted by Crippen LogP contribution is -2.40. The average Bonchev–Trinajstić information content (AvgIpc) is 2.57. The molecule has 1 heterocycles. The summed E-state index contributed by atoms with van der Waals surface area (Å²) in [5.74, 6) is 0.0550. The molecule has 1 amide bonds. The molecule has 0 atom stereocenters. The summed E-state index contributed by atoms with van der Waals surface area (Å²) in [4.78, 5) is 14.1. The minimum atomic E-state index is 0.0550. The molecule has 0 aliphatic carbocycles. The smallest absolute Gasteiger partial charge is 0.224 e. The first-order chi connectivity index (χ1) is 8.71. The molecule has 0 spiro atoms. The zero-order valence-electron chi connectivity index (χ0n) is 12.9. The van der Waals surface area contributed by atoms with Gasteiger partial charge < -0.3 is 10.2 Å². The van der Waals surface area contributed by atoms with Crippen LogP contribution < -0.4 is 5.32 Å². The Morgan fingerprint density at radius 1 is 1.37 bits per heavy atom. The highest BCUT2D eigenvalue weighted by atomic mass is 16.1. The van der Waals surface area contributed by atoms with Crippen molar-refractivity contribution in [1.82, 2.24) is 20.4 Å². The first-order valence-electron chi connectivity index (χ1n) is 6.63. The van der Waals surface area contributed by atoms with E-state index in [0.29, 0.717) is 13.0 Å². The van der Waals surface area contributed by atoms with E-state index in [4.69, 9.17) is 0 Å². The van der Waals surface area contributed by atoms with Crippen LogP contribution in [0.1, 0.15) is 30.8 Å². The van der Waals surface area contributed by atoms with Gasteiger partial charge in [0.15, 0.2) is 0 Å². The molecule has 2 N–H and O–H groups in total. The highest BCUT2D eigenvalue weighted by Gasteiger charge is 2.20. The van der Waals surface area contributed by atoms with Gasteiger partial charge >= 0.3 is 0 Å². The largest absolute Gasteiger partial charge is 0.355 e. The highest BCUT2D eigenvalue weighted by Crippen LogP contribution is 2.15. The molecule has 5 heteroatoms. The van der Waals surface area contributed by atoms with Crippen molar-refractivity contribution in [2.45, 2.75) is 34.1 Å². The molecule has 0 saturated heterocycles. The number of hydrogen-bond acceptors (Lipinski definition) is 3. The molecule has 0 unspecified atom stereocenters. The second-order valence-corrected chi connectivity index (χ2v) is 6.27. The maximum absolute atomic E-state index is 12.0. The summed E-state index contributed by atoms with van der Waals surface area (Å²) in [6.07, 6.45) is 0.395. The van der Waals surface area contributed by atoms with Crippen molar-refractivity contribution in [3.05, 3.63) is 17.0 Å². The first-order valence-corrected chi connectivity index (χ1v) is 6.63. The molecule has 0 fully saturated rings. The summed E-state index contributed by atoms with van der Waals surface area (Å²) in [5, 5.41) is 10.0. The number of H-pyrrole nitrogens is 1. The second-order valence-electron chi connectivity index (χ2n) is 6.27. The fourth-order valence-corrected chi connectivity index (χ4v) is 2.31. The van der Waals surface area contributed by atoms with Crippen molar-refractivity contribution in [2.24, 2.45) is 5.41 Å². The fraction of sp³-hybridized carbons (Fsp3) is 0.714. The van der Waals surface area contributed by atoms with Gasteiger partial charge in [-0.05, 0) is 33.4 Å². The number of carbonyl (C=O) groups is 1. The van der Waals surface area contributed by atoms with E-state index in [1.165, 1.54) is 0 Å². The number of rotatable bonds is 6. The normalized spacial score (nSPS) is 11.9. The topological polar surface area (TPSA) is 61.0 Å². The van der Waals surface area contributed by atoms with E-state index in [1.807, 2.05) is 27.9 Å². The number of carbonyl (C=O) groups excluding carboxylic acids is 1. The van der Waals surface area contributed by atoms with Crippen LogP contribution in [0.2, 0.25) is 0 Å². The van der Waals surface area contributed by atoms with Crippen LogP contribution in [0.15, 0.2) is 0 Å². The van der Waals surface area contributed by atoms with Gasteiger partial charge in [-0.2, -0.15) is 5.10 Å². The third-order valence-corrected chi connectivity index (χ3v) is 3.13. The number of aromatic nitrogens is 2. The van der Waals surface area contributed by atoms with Crippen molar-refractivity contribution >= 4 is 5.91 Å². The Bertz CT molecular complexity index is 415. The molecule has 0 saturated carbocycles. The second kappa shape index (κ2) is 6.19. The Morgan fingerprint density at radius 2 is 2.00 bits per heavy atom. The predicted octanol–water partition coefficient (Wildman–Crippen LogP) is 1.27. The van der Waals surface area contributed by atoms with E-state index in [-0.39, 0.29) is 11.3 Å². The Kier molecular flexibility index (Phi) is 5.11. The van der Waals surface area contributed by atoms with Gasteiger partial charge in [0.25, 0.3) is 0 Å². The lowest BCUT2D eigenvalue weighted by molar-refractivity contribution is -0.120. The number of aromatic amines is 1. The van der Waals surface area contributed by atoms with E-state index < -0.39 is 0 Å². The van der Waals surface area contributed by atoms with Gasteiger partial charge in [0.2, 0.25) is 5.91 Å². The Labute approximate surface area is 115 Å². The minimum absolute atomic E-state index is 0.0550. The summed E-state index contributed by atoms with van der Waals surface area (Å²) in [6.45, 7) is 9.79. The van der Waals surface area contributed by atoms with Crippen molar-refractivity contribution in [3.8, 4) is 0 Å². The Hall–Kier alpha value is -1.36. The van der Waals surface area contributed by atoms with Crippen LogP contribution in [0, 0.1) is 19.3 Å². The number of aryl methyl sites for hydroxylation is 2. The number of nitrogens with one attached hydrogen (secondary N) is 2. The van der Waals surface area contributed by atoms with Gasteiger partial charge in [-0.25, -0.2) is 0 Å². The molecule has 0 bridgehead atoms. The third-order valence-electron chi connectivity index (χ3n) is 3.13. The summed E-state index contributed by atoms with van der Waals surface area (Å²) in [6, 6.07) is 0. The van der Waals surface area contributed by atoms with Crippen LogP contribution in [0.4, 0.5) is 0 Å². The zero-order valence-corrected chi connectivity index (χ0v) is 12.9. The van der Waals surface area contributed by atoms with Gasteiger partial charge in [-0.3, -0.25) is 9.89 Å². The molecule has 108 valence electrons. The van der Waals surface area contributed by atoms with E-state index >= 15 is 0 Å². The Balaban J connectivity index is 2.49. The third kappa shape index (κ3) is 5.03. The van der Waals surface area contributed by atoms with Crippen LogP contribution in [0.5, 0.6) is 0 Å². The molecule has 1 rings (SSSR count). The SMILES string of the molecule is Cc1n[nH]c(C)c1CC(=O)NCC(C)(C)CN(C)C. The fourth-order valence-electron chi connectivity index (χ4n) is 2.31. The van der Waals surface area contributed by atoms with Crippen LogP contribution in [0.3, 0.4) is 0 Å². The standard InChI is InChI=1S/C14H26N4O/c1-10-12(11(2)17-16-10)7-13(19)15-8-14(3,4)9-18(5)6/h7-9H2,1-6H3,(H,15,19)(H,16,17). The first kappa shape index (κ1) is 15.7. The van der Waals surface area contributed by atoms with Crippen molar-refractivity contribution in [3.63, 3.8) is 0 Å². The van der Waals surface area contributed by atoms with Crippen LogP contribution >= 0.6 is 0 Å². The molecular weight excluding hydrogens is 240 g/mol. The van der Waals surface area contributed by atoms with Gasteiger partial charge in [0.05, 0.1) is 12.1 Å². The lowest BCUT2D eigenvalue weighted by atomic mass is 9.93.